The van der Waals surface area contributed by atoms with Gasteiger partial charge in [0.1, 0.15) is 11.6 Å². The summed E-state index contributed by atoms with van der Waals surface area (Å²) in [4.78, 5) is 24.5. The number of anilines is 1. The minimum Gasteiger partial charge on any atom is -0.370 e. The molecule has 2 aromatic rings. The summed E-state index contributed by atoms with van der Waals surface area (Å²) < 4.78 is 37.3. The lowest BCUT2D eigenvalue weighted by Crippen LogP contribution is -2.33. The predicted molar refractivity (Wildman–Crippen MR) is 96.6 cm³/mol. The molecule has 27 heavy (non-hydrogen) atoms. The summed E-state index contributed by atoms with van der Waals surface area (Å²) in [7, 11) is 0. The van der Waals surface area contributed by atoms with Crippen molar-refractivity contribution in [3.8, 4) is 11.4 Å². The molecule has 146 valence electrons. The Balaban J connectivity index is 1.56. The Bertz CT molecular complexity index is 819. The Kier molecular flexibility index (Phi) is 5.79. The van der Waals surface area contributed by atoms with E-state index in [1.807, 2.05) is 6.92 Å². The summed E-state index contributed by atoms with van der Waals surface area (Å²) in [6.45, 7) is 2.54. The summed E-state index contributed by atoms with van der Waals surface area (Å²) in [6.07, 6.45) is -1.14. The van der Waals surface area contributed by atoms with Gasteiger partial charge in [0, 0.05) is 36.6 Å². The quantitative estimate of drug-likeness (QED) is 0.805. The van der Waals surface area contributed by atoms with E-state index in [9.17, 15) is 18.0 Å². The van der Waals surface area contributed by atoms with Crippen LogP contribution in [0.3, 0.4) is 0 Å². The van der Waals surface area contributed by atoms with Crippen molar-refractivity contribution in [2.75, 3.05) is 31.5 Å². The van der Waals surface area contributed by atoms with Gasteiger partial charge in [-0.05, 0) is 37.4 Å². The monoisotopic (exact) mass is 381 g/mol. The van der Waals surface area contributed by atoms with E-state index in [2.05, 4.69) is 20.3 Å². The first-order valence-corrected chi connectivity index (χ1v) is 8.92. The number of nitrogens with zero attached hydrogens (tertiary/aromatic N) is 3. The number of aromatic nitrogens is 3. The molecule has 1 aliphatic heterocycles. The Hall–Kier alpha value is -2.42. The molecule has 3 heterocycles. The van der Waals surface area contributed by atoms with Crippen LogP contribution in [0.1, 0.15) is 19.0 Å². The molecule has 1 atom stereocenters. The number of nitrogens with one attached hydrogen (secondary N) is 2. The first-order valence-electron chi connectivity index (χ1n) is 8.92. The Morgan fingerprint density at radius 3 is 2.85 bits per heavy atom. The number of alkyl halides is 3. The van der Waals surface area contributed by atoms with Crippen molar-refractivity contribution in [3.63, 3.8) is 0 Å². The molecular weight excluding hydrogens is 359 g/mol. The molecule has 1 unspecified atom stereocenters. The van der Waals surface area contributed by atoms with Crippen molar-refractivity contribution >= 4 is 5.82 Å². The highest BCUT2D eigenvalue weighted by Crippen LogP contribution is 2.23. The fraction of sp³-hybridized carbons (Fsp3) is 0.500. The normalized spacial score (nSPS) is 18.0. The minimum absolute atomic E-state index is 0.160. The van der Waals surface area contributed by atoms with Crippen molar-refractivity contribution in [2.24, 2.45) is 5.92 Å². The van der Waals surface area contributed by atoms with E-state index in [4.69, 9.17) is 0 Å². The molecule has 1 fully saturated rings. The number of pyridine rings is 1. The molecule has 2 N–H and O–H groups in total. The number of rotatable bonds is 6. The zero-order valence-corrected chi connectivity index (χ0v) is 15.0. The summed E-state index contributed by atoms with van der Waals surface area (Å²) in [5, 5.41) is 3.17. The van der Waals surface area contributed by atoms with Gasteiger partial charge in [0.25, 0.3) is 5.56 Å². The molecule has 6 nitrogen and oxygen atoms in total. The van der Waals surface area contributed by atoms with E-state index >= 15 is 0 Å². The van der Waals surface area contributed by atoms with Crippen LogP contribution in [0.2, 0.25) is 0 Å². The molecular formula is C18H22F3N5O. The van der Waals surface area contributed by atoms with Crippen LogP contribution in [0.25, 0.3) is 11.4 Å². The number of hydrogen-bond acceptors (Lipinski definition) is 5. The summed E-state index contributed by atoms with van der Waals surface area (Å²) in [6, 6.07) is 5.05. The molecule has 0 amide bonds. The maximum atomic E-state index is 12.4. The van der Waals surface area contributed by atoms with E-state index in [0.717, 1.165) is 6.42 Å². The van der Waals surface area contributed by atoms with Crippen molar-refractivity contribution in [3.05, 3.63) is 40.4 Å². The number of aryl methyl sites for hydroxylation is 1. The molecule has 9 heteroatoms. The van der Waals surface area contributed by atoms with Crippen LogP contribution in [0, 0.1) is 5.92 Å². The molecule has 0 radical (unpaired) electrons. The van der Waals surface area contributed by atoms with E-state index < -0.39 is 12.7 Å². The summed E-state index contributed by atoms with van der Waals surface area (Å²) >= 11 is 0. The lowest BCUT2D eigenvalue weighted by Gasteiger charge is -2.18. The lowest BCUT2D eigenvalue weighted by molar-refractivity contribution is -0.143. The van der Waals surface area contributed by atoms with Crippen LogP contribution in [-0.2, 0) is 6.42 Å². The predicted octanol–water partition coefficient (Wildman–Crippen LogP) is 2.69. The first kappa shape index (κ1) is 19.3. The largest absolute Gasteiger partial charge is 0.401 e. The van der Waals surface area contributed by atoms with Gasteiger partial charge >= 0.3 is 6.18 Å². The fourth-order valence-electron chi connectivity index (χ4n) is 3.19. The molecule has 0 aliphatic carbocycles. The van der Waals surface area contributed by atoms with Crippen LogP contribution >= 0.6 is 0 Å². The Morgan fingerprint density at radius 1 is 1.37 bits per heavy atom. The summed E-state index contributed by atoms with van der Waals surface area (Å²) in [5.41, 5.74) is 1.20. The highest BCUT2D eigenvalue weighted by molar-refractivity contribution is 5.55. The number of aromatic amines is 1. The van der Waals surface area contributed by atoms with Crippen molar-refractivity contribution < 1.29 is 13.2 Å². The van der Waals surface area contributed by atoms with E-state index in [0.29, 0.717) is 49.0 Å². The number of H-pyrrole nitrogens is 1. The zero-order chi connectivity index (χ0) is 19.4. The molecule has 0 saturated carbocycles. The average Bonchev–Trinajstić information content (AvgIpc) is 3.05. The van der Waals surface area contributed by atoms with E-state index in [1.165, 1.54) is 11.0 Å². The third kappa shape index (κ3) is 5.53. The van der Waals surface area contributed by atoms with Gasteiger partial charge in [0.15, 0.2) is 0 Å². The average molecular weight is 381 g/mol. The van der Waals surface area contributed by atoms with Crippen molar-refractivity contribution in [2.45, 2.75) is 25.9 Å². The second-order valence-electron chi connectivity index (χ2n) is 6.76. The van der Waals surface area contributed by atoms with Crippen LogP contribution in [0.15, 0.2) is 29.2 Å². The van der Waals surface area contributed by atoms with Gasteiger partial charge in [-0.25, -0.2) is 9.97 Å². The maximum absolute atomic E-state index is 12.4. The zero-order valence-electron chi connectivity index (χ0n) is 15.0. The highest BCUT2D eigenvalue weighted by Gasteiger charge is 2.34. The van der Waals surface area contributed by atoms with Crippen LogP contribution in [0.4, 0.5) is 19.0 Å². The molecule has 1 saturated heterocycles. The third-order valence-corrected chi connectivity index (χ3v) is 4.54. The lowest BCUT2D eigenvalue weighted by atomic mass is 10.1. The van der Waals surface area contributed by atoms with Gasteiger partial charge in [-0.3, -0.25) is 9.69 Å². The van der Waals surface area contributed by atoms with E-state index in [1.54, 1.807) is 18.3 Å². The SMILES string of the molecule is CCc1cc(=O)[nH]c(-c2ccc(NCC3CCN(CC(F)(F)F)C3)nc2)n1. The molecule has 2 aromatic heterocycles. The van der Waals surface area contributed by atoms with Gasteiger partial charge in [0.05, 0.1) is 6.54 Å². The molecule has 3 rings (SSSR count). The van der Waals surface area contributed by atoms with Gasteiger partial charge in [-0.2, -0.15) is 13.2 Å². The van der Waals surface area contributed by atoms with Gasteiger partial charge in [-0.15, -0.1) is 0 Å². The second kappa shape index (κ2) is 8.08. The smallest absolute Gasteiger partial charge is 0.370 e. The van der Waals surface area contributed by atoms with Gasteiger partial charge in [0.2, 0.25) is 0 Å². The molecule has 0 bridgehead atoms. The van der Waals surface area contributed by atoms with Crippen LogP contribution < -0.4 is 10.9 Å². The number of hydrogen-bond donors (Lipinski definition) is 2. The van der Waals surface area contributed by atoms with Crippen molar-refractivity contribution in [1.29, 1.82) is 0 Å². The first-order chi connectivity index (χ1) is 12.8. The van der Waals surface area contributed by atoms with Gasteiger partial charge < -0.3 is 10.3 Å². The van der Waals surface area contributed by atoms with Crippen LogP contribution in [0.5, 0.6) is 0 Å². The Morgan fingerprint density at radius 2 is 2.19 bits per heavy atom. The second-order valence-corrected chi connectivity index (χ2v) is 6.76. The standard InChI is InChI=1S/C18H22F3N5O/c1-2-14-7-16(27)25-17(24-14)13-3-4-15(23-9-13)22-8-12-5-6-26(10-12)11-18(19,20)21/h3-4,7,9,12H,2,5-6,8,10-11H2,1H3,(H,22,23)(H,24,25,27). The molecule has 1 aliphatic rings. The van der Waals surface area contributed by atoms with Crippen LogP contribution in [-0.4, -0.2) is 52.2 Å². The Labute approximate surface area is 154 Å². The molecule has 0 aromatic carbocycles. The topological polar surface area (TPSA) is 73.9 Å². The van der Waals surface area contributed by atoms with Crippen molar-refractivity contribution in [1.82, 2.24) is 19.9 Å². The maximum Gasteiger partial charge on any atom is 0.401 e. The highest BCUT2D eigenvalue weighted by atomic mass is 19.4. The number of likely N-dealkylation sites (tertiary alicyclic amines) is 1. The van der Waals surface area contributed by atoms with E-state index in [-0.39, 0.29) is 11.5 Å². The fourth-order valence-corrected chi connectivity index (χ4v) is 3.19. The third-order valence-electron chi connectivity index (χ3n) is 4.54. The minimum atomic E-state index is -4.15. The molecule has 0 spiro atoms. The number of halogens is 3. The van der Waals surface area contributed by atoms with Gasteiger partial charge in [-0.1, -0.05) is 6.92 Å². The summed E-state index contributed by atoms with van der Waals surface area (Å²) in [5.74, 6) is 1.27.